The first kappa shape index (κ1) is 21.0. The Morgan fingerprint density at radius 3 is 2.73 bits per heavy atom. The molecule has 1 saturated heterocycles. The van der Waals surface area contributed by atoms with Gasteiger partial charge in [0.1, 0.15) is 18.1 Å². The van der Waals surface area contributed by atoms with Crippen LogP contribution < -0.4 is 20.9 Å². The van der Waals surface area contributed by atoms with E-state index in [1.54, 1.807) is 47.9 Å². The van der Waals surface area contributed by atoms with Crippen molar-refractivity contribution in [3.63, 3.8) is 0 Å². The highest BCUT2D eigenvalue weighted by molar-refractivity contribution is 5.98. The minimum atomic E-state index is -0.989. The van der Waals surface area contributed by atoms with Gasteiger partial charge in [0.25, 0.3) is 5.91 Å². The van der Waals surface area contributed by atoms with Gasteiger partial charge in [-0.2, -0.15) is 10.2 Å². The van der Waals surface area contributed by atoms with E-state index in [0.29, 0.717) is 30.2 Å². The third kappa shape index (κ3) is 5.01. The number of nitrogens with two attached hydrogens (primary N) is 1. The Labute approximate surface area is 173 Å². The number of amides is 2. The Bertz CT molecular complexity index is 1010. The monoisotopic (exact) mass is 409 g/mol. The van der Waals surface area contributed by atoms with Crippen LogP contribution >= 0.6 is 0 Å². The lowest BCUT2D eigenvalue weighted by atomic mass is 10.1. The van der Waals surface area contributed by atoms with Crippen LogP contribution in [0.25, 0.3) is 0 Å². The van der Waals surface area contributed by atoms with Gasteiger partial charge >= 0.3 is 0 Å². The molecule has 0 radical (unpaired) electrons. The van der Waals surface area contributed by atoms with Crippen molar-refractivity contribution in [1.29, 1.82) is 5.26 Å². The summed E-state index contributed by atoms with van der Waals surface area (Å²) < 4.78 is 0. The molecule has 4 N–H and O–H groups in total. The van der Waals surface area contributed by atoms with E-state index >= 15 is 0 Å². The van der Waals surface area contributed by atoms with Crippen molar-refractivity contribution in [1.82, 2.24) is 9.97 Å². The number of aliphatic hydroxyl groups is 1. The summed E-state index contributed by atoms with van der Waals surface area (Å²) in [5.41, 5.74) is 5.54. The van der Waals surface area contributed by atoms with Crippen molar-refractivity contribution in [2.45, 2.75) is 19.4 Å². The highest BCUT2D eigenvalue weighted by atomic mass is 16.3. The van der Waals surface area contributed by atoms with E-state index in [1.165, 1.54) is 6.07 Å². The molecule has 0 unspecified atom stereocenters. The second kappa shape index (κ2) is 8.34. The standard InChI is InChI=1S/C20H23N7O3/c1-20(2,30)12-23-16-9-15(18(22)29)24-19(25-16)26-6-7-27(17(28)11-26)14-5-3-4-13(8-14)10-21/h3-5,8-9,30H,6-7,11-12H2,1-2H3,(H2,22,29)(H,23,24,25). The number of piperazine rings is 1. The molecule has 0 spiro atoms. The number of primary amides is 1. The van der Waals surface area contributed by atoms with Gasteiger partial charge in [0.2, 0.25) is 11.9 Å². The number of nitrogens with zero attached hydrogens (tertiary/aromatic N) is 5. The normalized spacial score (nSPS) is 14.4. The molecule has 2 heterocycles. The number of carbonyl (C=O) groups excluding carboxylic acids is 2. The Balaban J connectivity index is 1.81. The zero-order chi connectivity index (χ0) is 21.9. The lowest BCUT2D eigenvalue weighted by molar-refractivity contribution is -0.117. The Hall–Kier alpha value is -3.71. The number of nitriles is 1. The van der Waals surface area contributed by atoms with Gasteiger partial charge in [-0.1, -0.05) is 6.07 Å². The number of rotatable bonds is 6. The summed E-state index contributed by atoms with van der Waals surface area (Å²) in [6.45, 7) is 4.26. The molecule has 10 heteroatoms. The molecule has 1 aliphatic heterocycles. The van der Waals surface area contributed by atoms with Crippen molar-refractivity contribution in [3.05, 3.63) is 41.6 Å². The van der Waals surface area contributed by atoms with Crippen molar-refractivity contribution < 1.29 is 14.7 Å². The minimum Gasteiger partial charge on any atom is -0.389 e. The highest BCUT2D eigenvalue weighted by Crippen LogP contribution is 2.22. The van der Waals surface area contributed by atoms with Crippen molar-refractivity contribution >= 4 is 29.3 Å². The summed E-state index contributed by atoms with van der Waals surface area (Å²) in [6, 6.07) is 10.3. The van der Waals surface area contributed by atoms with Gasteiger partial charge < -0.3 is 26.0 Å². The molecule has 10 nitrogen and oxygen atoms in total. The topological polar surface area (TPSA) is 148 Å². The molecule has 156 valence electrons. The first-order valence-corrected chi connectivity index (χ1v) is 9.37. The van der Waals surface area contributed by atoms with E-state index in [2.05, 4.69) is 21.4 Å². The zero-order valence-corrected chi connectivity index (χ0v) is 16.8. The van der Waals surface area contributed by atoms with Gasteiger partial charge in [0.05, 0.1) is 17.2 Å². The molecule has 3 rings (SSSR count). The molecule has 1 aliphatic rings. The van der Waals surface area contributed by atoms with Crippen molar-refractivity contribution in [3.8, 4) is 6.07 Å². The third-order valence-electron chi connectivity index (χ3n) is 4.46. The second-order valence-corrected chi connectivity index (χ2v) is 7.60. The average molecular weight is 409 g/mol. The molecule has 0 saturated carbocycles. The van der Waals surface area contributed by atoms with Crippen LogP contribution in [0.15, 0.2) is 30.3 Å². The second-order valence-electron chi connectivity index (χ2n) is 7.60. The molecular formula is C20H23N7O3. The van der Waals surface area contributed by atoms with Crippen LogP contribution in [-0.2, 0) is 4.79 Å². The smallest absolute Gasteiger partial charge is 0.267 e. The molecule has 1 aromatic carbocycles. The number of benzene rings is 1. The predicted molar refractivity (Wildman–Crippen MR) is 111 cm³/mol. The van der Waals surface area contributed by atoms with Crippen LogP contribution in [-0.4, -0.2) is 58.7 Å². The van der Waals surface area contributed by atoms with E-state index in [1.807, 2.05) is 0 Å². The van der Waals surface area contributed by atoms with E-state index < -0.39 is 11.5 Å². The van der Waals surface area contributed by atoms with Gasteiger partial charge in [-0.15, -0.1) is 0 Å². The van der Waals surface area contributed by atoms with E-state index in [0.717, 1.165) is 0 Å². The maximum Gasteiger partial charge on any atom is 0.267 e. The number of anilines is 3. The predicted octanol–water partition coefficient (Wildman–Crippen LogP) is 0.483. The minimum absolute atomic E-state index is 0.00390. The molecule has 1 aromatic heterocycles. The maximum atomic E-state index is 12.7. The molecule has 0 atom stereocenters. The fourth-order valence-corrected chi connectivity index (χ4v) is 2.96. The summed E-state index contributed by atoms with van der Waals surface area (Å²) in [5, 5.41) is 21.9. The molecule has 30 heavy (non-hydrogen) atoms. The first-order chi connectivity index (χ1) is 14.2. The summed E-state index contributed by atoms with van der Waals surface area (Å²) in [7, 11) is 0. The Morgan fingerprint density at radius 2 is 2.10 bits per heavy atom. The highest BCUT2D eigenvalue weighted by Gasteiger charge is 2.28. The molecular weight excluding hydrogens is 386 g/mol. The number of nitrogens with one attached hydrogen (secondary N) is 1. The fraction of sp³-hybridized carbons (Fsp3) is 0.350. The van der Waals surface area contributed by atoms with Crippen LogP contribution in [0.1, 0.15) is 29.9 Å². The van der Waals surface area contributed by atoms with E-state index in [-0.39, 0.29) is 30.6 Å². The number of carbonyl (C=O) groups is 2. The van der Waals surface area contributed by atoms with Crippen molar-refractivity contribution in [2.75, 3.05) is 41.3 Å². The third-order valence-corrected chi connectivity index (χ3v) is 4.46. The van der Waals surface area contributed by atoms with Gasteiger partial charge in [-0.3, -0.25) is 9.59 Å². The summed E-state index contributed by atoms with van der Waals surface area (Å²) in [6.07, 6.45) is 0. The number of aromatic nitrogens is 2. The Morgan fingerprint density at radius 1 is 1.33 bits per heavy atom. The van der Waals surface area contributed by atoms with Crippen molar-refractivity contribution in [2.24, 2.45) is 5.73 Å². The molecule has 1 fully saturated rings. The van der Waals surface area contributed by atoms with Gasteiger partial charge in [-0.05, 0) is 32.0 Å². The van der Waals surface area contributed by atoms with Gasteiger partial charge in [0, 0.05) is 31.4 Å². The Kier molecular flexibility index (Phi) is 5.84. The maximum absolute atomic E-state index is 12.7. The van der Waals surface area contributed by atoms with Crippen LogP contribution in [0.2, 0.25) is 0 Å². The molecule has 2 aromatic rings. The average Bonchev–Trinajstić information content (AvgIpc) is 2.71. The SMILES string of the molecule is CC(C)(O)CNc1cc(C(N)=O)nc(N2CCN(c3cccc(C#N)c3)C(=O)C2)n1. The van der Waals surface area contributed by atoms with Crippen LogP contribution in [0, 0.1) is 11.3 Å². The van der Waals surface area contributed by atoms with E-state index in [9.17, 15) is 14.7 Å². The summed E-state index contributed by atoms with van der Waals surface area (Å²) in [5.74, 6) is -0.380. The van der Waals surface area contributed by atoms with Crippen LogP contribution in [0.3, 0.4) is 0 Å². The number of hydrogen-bond donors (Lipinski definition) is 3. The fourth-order valence-electron chi connectivity index (χ4n) is 2.96. The van der Waals surface area contributed by atoms with E-state index in [4.69, 9.17) is 11.0 Å². The lowest BCUT2D eigenvalue weighted by Crippen LogP contribution is -2.51. The van der Waals surface area contributed by atoms with Crippen LogP contribution in [0.5, 0.6) is 0 Å². The van der Waals surface area contributed by atoms with Gasteiger partial charge in [0.15, 0.2) is 0 Å². The molecule has 0 bridgehead atoms. The largest absolute Gasteiger partial charge is 0.389 e. The molecule has 2 amide bonds. The summed E-state index contributed by atoms with van der Waals surface area (Å²) >= 11 is 0. The zero-order valence-electron chi connectivity index (χ0n) is 16.8. The quantitative estimate of drug-likeness (QED) is 0.624. The lowest BCUT2D eigenvalue weighted by Gasteiger charge is -2.34. The van der Waals surface area contributed by atoms with Gasteiger partial charge in [-0.25, -0.2) is 4.98 Å². The molecule has 0 aliphatic carbocycles. The van der Waals surface area contributed by atoms with Crippen LogP contribution in [0.4, 0.5) is 17.5 Å². The first-order valence-electron chi connectivity index (χ1n) is 9.37. The number of hydrogen-bond acceptors (Lipinski definition) is 8. The summed E-state index contributed by atoms with van der Waals surface area (Å²) in [4.78, 5) is 36.2.